The molecular formula is C71H41N5. The van der Waals surface area contributed by atoms with E-state index in [1.807, 2.05) is 48.7 Å². The van der Waals surface area contributed by atoms with Gasteiger partial charge in [-0.25, -0.2) is 0 Å². The first-order valence-electron chi connectivity index (χ1n) is 25.5. The van der Waals surface area contributed by atoms with E-state index >= 15 is 0 Å². The molecule has 0 aliphatic heterocycles. The summed E-state index contributed by atoms with van der Waals surface area (Å²) in [5, 5.41) is 32.4. The molecule has 15 rings (SSSR count). The Morgan fingerprint density at radius 2 is 0.724 bits per heavy atom. The van der Waals surface area contributed by atoms with Crippen LogP contribution < -0.4 is 0 Å². The molecular weight excluding hydrogens is 923 g/mol. The summed E-state index contributed by atoms with van der Waals surface area (Å²) in [5.41, 5.74) is 17.5. The summed E-state index contributed by atoms with van der Waals surface area (Å²) >= 11 is 0. The van der Waals surface area contributed by atoms with E-state index in [1.54, 1.807) is 0 Å². The fourth-order valence-corrected chi connectivity index (χ4v) is 12.2. The summed E-state index contributed by atoms with van der Waals surface area (Å²) in [7, 11) is 0. The Labute approximate surface area is 437 Å². The molecule has 350 valence electrons. The van der Waals surface area contributed by atoms with Crippen LogP contribution >= 0.6 is 0 Å². The zero-order chi connectivity index (χ0) is 50.4. The molecule has 0 radical (unpaired) electrons. The average molecular weight is 964 g/mol. The summed E-state index contributed by atoms with van der Waals surface area (Å²) in [5.74, 6) is 0. The van der Waals surface area contributed by atoms with Gasteiger partial charge in [-0.3, -0.25) is 4.98 Å². The Kier molecular flexibility index (Phi) is 9.63. The number of hydrogen-bond donors (Lipinski definition) is 0. The lowest BCUT2D eigenvalue weighted by molar-refractivity contribution is 1.18. The normalized spacial score (nSPS) is 11.7. The number of nitriles is 2. The van der Waals surface area contributed by atoms with Crippen molar-refractivity contribution in [2.75, 3.05) is 0 Å². The van der Waals surface area contributed by atoms with Crippen LogP contribution in [-0.2, 0) is 0 Å². The quantitative estimate of drug-likeness (QED) is 0.156. The topological polar surface area (TPSA) is 70.3 Å². The standard InChI is InChI=1S/C71H41N5/c72-42-44-23-31-65-59(36-44)61-38-50(27-33-67(61)75(65)52-16-3-1-4-17-52)48-26-30-57-63(40-48)69(55-21-9-13-46-12-7-8-20-54(46)55)56-29-25-49(41-64(56)70(57)58-22-10-14-47-15-11-35-74-71(47)58)51-28-34-68-62(39-51)60-37-45(43-73)24-32-66(60)76(68)53-18-5-2-6-19-53/h1-41H. The van der Waals surface area contributed by atoms with E-state index in [2.05, 4.69) is 221 Å². The van der Waals surface area contributed by atoms with Crippen molar-refractivity contribution >= 4 is 86.8 Å². The van der Waals surface area contributed by atoms with Gasteiger partial charge in [-0.1, -0.05) is 140 Å². The van der Waals surface area contributed by atoms with Crippen LogP contribution in [0, 0.1) is 22.7 Å². The molecule has 0 spiro atoms. The summed E-state index contributed by atoms with van der Waals surface area (Å²) in [6.45, 7) is 0. The second kappa shape index (κ2) is 17.0. The molecule has 5 nitrogen and oxygen atoms in total. The summed E-state index contributed by atoms with van der Waals surface area (Å²) < 4.78 is 4.59. The average Bonchev–Trinajstić information content (AvgIpc) is 4.08. The van der Waals surface area contributed by atoms with E-state index in [0.717, 1.165) is 132 Å². The van der Waals surface area contributed by atoms with Crippen LogP contribution in [0.5, 0.6) is 0 Å². The van der Waals surface area contributed by atoms with Gasteiger partial charge in [0.25, 0.3) is 0 Å². The number of benzene rings is 12. The van der Waals surface area contributed by atoms with Crippen molar-refractivity contribution in [1.29, 1.82) is 10.5 Å². The van der Waals surface area contributed by atoms with Gasteiger partial charge < -0.3 is 9.13 Å². The minimum Gasteiger partial charge on any atom is -0.309 e. The van der Waals surface area contributed by atoms with Crippen LogP contribution in [0.4, 0.5) is 0 Å². The highest BCUT2D eigenvalue weighted by Gasteiger charge is 2.23. The number of para-hydroxylation sites is 3. The Hall–Kier alpha value is -10.6. The fraction of sp³-hybridized carbons (Fsp3) is 0. The van der Waals surface area contributed by atoms with E-state index < -0.39 is 0 Å². The van der Waals surface area contributed by atoms with Gasteiger partial charge in [0.2, 0.25) is 0 Å². The van der Waals surface area contributed by atoms with Crippen LogP contribution in [0.2, 0.25) is 0 Å². The van der Waals surface area contributed by atoms with Crippen molar-refractivity contribution < 1.29 is 0 Å². The van der Waals surface area contributed by atoms with Gasteiger partial charge in [0.1, 0.15) is 0 Å². The van der Waals surface area contributed by atoms with Crippen LogP contribution in [0.25, 0.3) is 143 Å². The molecule has 0 unspecified atom stereocenters. The van der Waals surface area contributed by atoms with Crippen molar-refractivity contribution in [2.45, 2.75) is 0 Å². The Morgan fingerprint density at radius 1 is 0.303 bits per heavy atom. The van der Waals surface area contributed by atoms with Gasteiger partial charge in [0.05, 0.1) is 50.8 Å². The number of nitrogens with zero attached hydrogens (tertiary/aromatic N) is 5. The number of pyridine rings is 1. The van der Waals surface area contributed by atoms with Crippen molar-refractivity contribution in [2.24, 2.45) is 0 Å². The smallest absolute Gasteiger partial charge is 0.0991 e. The molecule has 0 aliphatic carbocycles. The van der Waals surface area contributed by atoms with Crippen molar-refractivity contribution in [3.05, 3.63) is 260 Å². The molecule has 0 saturated carbocycles. The van der Waals surface area contributed by atoms with Gasteiger partial charge in [0, 0.05) is 50.1 Å². The lowest BCUT2D eigenvalue weighted by Crippen LogP contribution is -1.95. The van der Waals surface area contributed by atoms with E-state index in [1.165, 1.54) is 10.8 Å². The van der Waals surface area contributed by atoms with Gasteiger partial charge >= 0.3 is 0 Å². The Morgan fingerprint density at radius 3 is 1.28 bits per heavy atom. The first-order chi connectivity index (χ1) is 37.6. The zero-order valence-corrected chi connectivity index (χ0v) is 40.9. The van der Waals surface area contributed by atoms with Gasteiger partial charge in [0.15, 0.2) is 0 Å². The lowest BCUT2D eigenvalue weighted by atomic mass is 9.82. The van der Waals surface area contributed by atoms with Gasteiger partial charge in [-0.05, 0) is 174 Å². The highest BCUT2D eigenvalue weighted by molar-refractivity contribution is 6.26. The van der Waals surface area contributed by atoms with Crippen molar-refractivity contribution in [3.8, 4) is 68.0 Å². The Balaban J connectivity index is 1.02. The second-order valence-electron chi connectivity index (χ2n) is 19.7. The van der Waals surface area contributed by atoms with E-state index in [0.29, 0.717) is 11.1 Å². The third kappa shape index (κ3) is 6.60. The maximum atomic E-state index is 10.1. The molecule has 76 heavy (non-hydrogen) atoms. The van der Waals surface area contributed by atoms with Crippen LogP contribution in [0.15, 0.2) is 249 Å². The second-order valence-corrected chi connectivity index (χ2v) is 19.7. The molecule has 0 fully saturated rings. The number of fused-ring (bicyclic) bond motifs is 10. The summed E-state index contributed by atoms with van der Waals surface area (Å²) in [6.07, 6.45) is 1.90. The SMILES string of the molecule is N#Cc1ccc2c(c1)c1cc(-c3ccc4c(-c5cccc6cccnc56)c5cc(-c6ccc7c(c6)c6cc(C#N)ccc6n7-c6ccccc6)ccc5c(-c5cccc6ccccc56)c4c3)ccc1n2-c1ccccc1. The molecule has 0 N–H and O–H groups in total. The molecule has 12 aromatic carbocycles. The monoisotopic (exact) mass is 963 g/mol. The molecule has 0 amide bonds. The highest BCUT2D eigenvalue weighted by atomic mass is 15.0. The maximum absolute atomic E-state index is 10.1. The minimum absolute atomic E-state index is 0.630. The summed E-state index contributed by atoms with van der Waals surface area (Å²) in [4.78, 5) is 5.09. The van der Waals surface area contributed by atoms with Gasteiger partial charge in [-0.15, -0.1) is 0 Å². The fourth-order valence-electron chi connectivity index (χ4n) is 12.2. The first-order valence-corrected chi connectivity index (χ1v) is 25.5. The lowest BCUT2D eigenvalue weighted by Gasteiger charge is -2.21. The maximum Gasteiger partial charge on any atom is 0.0991 e. The molecule has 5 heteroatoms. The van der Waals surface area contributed by atoms with Crippen molar-refractivity contribution in [1.82, 2.24) is 14.1 Å². The van der Waals surface area contributed by atoms with E-state index in [-0.39, 0.29) is 0 Å². The van der Waals surface area contributed by atoms with Gasteiger partial charge in [-0.2, -0.15) is 10.5 Å². The molecule has 15 aromatic rings. The third-order valence-electron chi connectivity index (χ3n) is 15.6. The van der Waals surface area contributed by atoms with E-state index in [4.69, 9.17) is 4.98 Å². The third-order valence-corrected chi connectivity index (χ3v) is 15.6. The number of aromatic nitrogens is 3. The molecule has 0 bridgehead atoms. The van der Waals surface area contributed by atoms with Crippen LogP contribution in [-0.4, -0.2) is 14.1 Å². The summed E-state index contributed by atoms with van der Waals surface area (Å²) in [6, 6.07) is 91.2. The predicted octanol–water partition coefficient (Wildman–Crippen LogP) is 18.3. The highest BCUT2D eigenvalue weighted by Crippen LogP contribution is 2.49. The Bertz CT molecular complexity index is 4680. The zero-order valence-electron chi connectivity index (χ0n) is 40.9. The molecule has 3 heterocycles. The van der Waals surface area contributed by atoms with Crippen LogP contribution in [0.3, 0.4) is 0 Å². The molecule has 0 saturated heterocycles. The first kappa shape index (κ1) is 43.0. The minimum atomic E-state index is 0.630. The predicted molar refractivity (Wildman–Crippen MR) is 314 cm³/mol. The molecule has 3 aromatic heterocycles. The molecule has 0 atom stereocenters. The van der Waals surface area contributed by atoms with Crippen LogP contribution in [0.1, 0.15) is 11.1 Å². The number of hydrogen-bond acceptors (Lipinski definition) is 3. The molecule has 0 aliphatic rings. The number of rotatable bonds is 6. The largest absolute Gasteiger partial charge is 0.309 e. The van der Waals surface area contributed by atoms with E-state index in [9.17, 15) is 10.5 Å². The van der Waals surface area contributed by atoms with Crippen molar-refractivity contribution in [3.63, 3.8) is 0 Å².